The van der Waals surface area contributed by atoms with Crippen LogP contribution in [0.5, 0.6) is 0 Å². The average molecular weight is 317 g/mol. The molecule has 1 aromatic carbocycles. The van der Waals surface area contributed by atoms with Crippen molar-refractivity contribution < 1.29 is 22.7 Å². The largest absolute Gasteiger partial charge is 0.460 e. The van der Waals surface area contributed by atoms with E-state index in [1.807, 2.05) is 0 Å². The fourth-order valence-corrected chi connectivity index (χ4v) is 1.86. The zero-order chi connectivity index (χ0) is 17.3. The molecule has 0 amide bonds. The van der Waals surface area contributed by atoms with Crippen molar-refractivity contribution in [1.29, 1.82) is 0 Å². The molecular weight excluding hydrogens is 295 g/mol. The number of hydrogen-bond donors (Lipinski definition) is 1. The lowest BCUT2D eigenvalue weighted by molar-refractivity contribution is -0.167. The van der Waals surface area contributed by atoms with Crippen molar-refractivity contribution >= 4 is 5.97 Å². The maximum absolute atomic E-state index is 12.8. The molecule has 0 spiro atoms. The van der Waals surface area contributed by atoms with Crippen molar-refractivity contribution in [2.75, 3.05) is 0 Å². The summed E-state index contributed by atoms with van der Waals surface area (Å²) in [5.41, 5.74) is 3.64. The van der Waals surface area contributed by atoms with Crippen LogP contribution in [0.4, 0.5) is 13.2 Å². The van der Waals surface area contributed by atoms with Crippen molar-refractivity contribution in [3.8, 4) is 0 Å². The van der Waals surface area contributed by atoms with E-state index in [2.05, 4.69) is 0 Å². The number of benzene rings is 1. The molecular formula is C16H22F3NO2. The van der Waals surface area contributed by atoms with Gasteiger partial charge in [0, 0.05) is 6.04 Å². The Morgan fingerprint density at radius 2 is 1.68 bits per heavy atom. The van der Waals surface area contributed by atoms with Crippen molar-refractivity contribution in [1.82, 2.24) is 0 Å². The third kappa shape index (κ3) is 4.47. The summed E-state index contributed by atoms with van der Waals surface area (Å²) in [7, 11) is 0. The molecule has 22 heavy (non-hydrogen) atoms. The van der Waals surface area contributed by atoms with Crippen LogP contribution in [0.3, 0.4) is 0 Å². The minimum absolute atomic E-state index is 0.241. The highest BCUT2D eigenvalue weighted by atomic mass is 19.4. The van der Waals surface area contributed by atoms with E-state index < -0.39 is 34.8 Å². The summed E-state index contributed by atoms with van der Waals surface area (Å²) >= 11 is 0. The highest BCUT2D eigenvalue weighted by molar-refractivity contribution is 5.77. The van der Waals surface area contributed by atoms with Gasteiger partial charge in [0.2, 0.25) is 0 Å². The van der Waals surface area contributed by atoms with Crippen LogP contribution >= 0.6 is 0 Å². The number of carbonyl (C=O) groups is 1. The van der Waals surface area contributed by atoms with Gasteiger partial charge in [-0.2, -0.15) is 13.2 Å². The molecule has 0 unspecified atom stereocenters. The van der Waals surface area contributed by atoms with E-state index in [9.17, 15) is 18.0 Å². The summed E-state index contributed by atoms with van der Waals surface area (Å²) in [4.78, 5) is 12.3. The van der Waals surface area contributed by atoms with E-state index in [1.165, 1.54) is 12.1 Å². The van der Waals surface area contributed by atoms with Crippen LogP contribution in [-0.4, -0.2) is 11.6 Å². The van der Waals surface area contributed by atoms with Crippen molar-refractivity contribution in [3.05, 3.63) is 35.4 Å². The molecule has 1 aromatic rings. The van der Waals surface area contributed by atoms with E-state index >= 15 is 0 Å². The summed E-state index contributed by atoms with van der Waals surface area (Å²) in [6.45, 7) is 8.28. The Morgan fingerprint density at radius 1 is 1.14 bits per heavy atom. The SMILES string of the molecule is CC(C)(C)OC(=O)C(C)(C)[C@@H](N)c1cccc(C(F)(F)F)c1. The van der Waals surface area contributed by atoms with Crippen molar-refractivity contribution in [2.24, 2.45) is 11.1 Å². The van der Waals surface area contributed by atoms with E-state index in [1.54, 1.807) is 34.6 Å². The van der Waals surface area contributed by atoms with Gasteiger partial charge in [0.1, 0.15) is 5.60 Å². The molecule has 0 aliphatic heterocycles. The van der Waals surface area contributed by atoms with Crippen LogP contribution < -0.4 is 5.73 Å². The zero-order valence-corrected chi connectivity index (χ0v) is 13.4. The minimum atomic E-state index is -4.45. The Hall–Kier alpha value is -1.56. The summed E-state index contributed by atoms with van der Waals surface area (Å²) in [5.74, 6) is -0.551. The first-order valence-corrected chi connectivity index (χ1v) is 6.91. The van der Waals surface area contributed by atoms with Gasteiger partial charge >= 0.3 is 12.1 Å². The number of hydrogen-bond acceptors (Lipinski definition) is 3. The molecule has 0 bridgehead atoms. The first-order valence-electron chi connectivity index (χ1n) is 6.91. The predicted molar refractivity (Wildman–Crippen MR) is 78.0 cm³/mol. The first-order chi connectivity index (χ1) is 9.75. The lowest BCUT2D eigenvalue weighted by atomic mass is 9.80. The van der Waals surface area contributed by atoms with Gasteiger partial charge in [0.15, 0.2) is 0 Å². The van der Waals surface area contributed by atoms with E-state index in [-0.39, 0.29) is 5.56 Å². The second-order valence-corrected chi connectivity index (χ2v) is 6.82. The number of alkyl halides is 3. The van der Waals surface area contributed by atoms with Gasteiger partial charge in [-0.1, -0.05) is 12.1 Å². The monoisotopic (exact) mass is 317 g/mol. The Kier molecular flexibility index (Phi) is 4.97. The Bertz CT molecular complexity index is 545. The maximum Gasteiger partial charge on any atom is 0.416 e. The van der Waals surface area contributed by atoms with E-state index in [4.69, 9.17) is 10.5 Å². The molecule has 0 fully saturated rings. The highest BCUT2D eigenvalue weighted by Crippen LogP contribution is 2.36. The van der Waals surface area contributed by atoms with Crippen LogP contribution in [0, 0.1) is 5.41 Å². The molecule has 1 rings (SSSR count). The number of nitrogens with two attached hydrogens (primary N) is 1. The minimum Gasteiger partial charge on any atom is -0.460 e. The van der Waals surface area contributed by atoms with Crippen LogP contribution in [0.2, 0.25) is 0 Å². The second-order valence-electron chi connectivity index (χ2n) is 6.82. The number of esters is 1. The van der Waals surface area contributed by atoms with Gasteiger partial charge in [-0.25, -0.2) is 0 Å². The van der Waals surface area contributed by atoms with Gasteiger partial charge in [0.05, 0.1) is 11.0 Å². The second kappa shape index (κ2) is 5.91. The van der Waals surface area contributed by atoms with Gasteiger partial charge in [-0.3, -0.25) is 4.79 Å². The lowest BCUT2D eigenvalue weighted by Crippen LogP contribution is -2.41. The normalized spacial score (nSPS) is 14.6. The standard InChI is InChI=1S/C16H22F3NO2/c1-14(2,3)22-13(21)15(4,5)12(20)10-7-6-8-11(9-10)16(17,18)19/h6-9,12H,20H2,1-5H3/t12-/m0/s1. The summed E-state index contributed by atoms with van der Waals surface area (Å²) < 4.78 is 43.6. The van der Waals surface area contributed by atoms with Gasteiger partial charge in [0.25, 0.3) is 0 Å². The predicted octanol–water partition coefficient (Wildman–Crippen LogP) is 4.07. The lowest BCUT2D eigenvalue weighted by Gasteiger charge is -2.33. The van der Waals surface area contributed by atoms with Crippen LogP contribution in [0.25, 0.3) is 0 Å². The van der Waals surface area contributed by atoms with Crippen LogP contribution in [0.1, 0.15) is 51.8 Å². The fourth-order valence-electron chi connectivity index (χ4n) is 1.86. The van der Waals surface area contributed by atoms with Crippen LogP contribution in [0.15, 0.2) is 24.3 Å². The molecule has 0 saturated heterocycles. The highest BCUT2D eigenvalue weighted by Gasteiger charge is 2.40. The zero-order valence-electron chi connectivity index (χ0n) is 13.4. The van der Waals surface area contributed by atoms with Crippen LogP contribution in [-0.2, 0) is 15.7 Å². The molecule has 3 nitrogen and oxygen atoms in total. The van der Waals surface area contributed by atoms with Gasteiger partial charge in [-0.15, -0.1) is 0 Å². The smallest absolute Gasteiger partial charge is 0.416 e. The van der Waals surface area contributed by atoms with E-state index in [0.29, 0.717) is 0 Å². The number of ether oxygens (including phenoxy) is 1. The topological polar surface area (TPSA) is 52.3 Å². The first kappa shape index (κ1) is 18.5. The molecule has 0 aliphatic rings. The third-order valence-electron chi connectivity index (χ3n) is 3.28. The fraction of sp³-hybridized carbons (Fsp3) is 0.562. The molecule has 124 valence electrons. The molecule has 0 aliphatic carbocycles. The Labute approximate surface area is 128 Å². The van der Waals surface area contributed by atoms with Gasteiger partial charge < -0.3 is 10.5 Å². The maximum atomic E-state index is 12.8. The molecule has 0 heterocycles. The Balaban J connectivity index is 3.09. The quantitative estimate of drug-likeness (QED) is 0.855. The molecule has 0 saturated carbocycles. The number of halogens is 3. The summed E-state index contributed by atoms with van der Waals surface area (Å²) in [5, 5.41) is 0. The summed E-state index contributed by atoms with van der Waals surface area (Å²) in [6.07, 6.45) is -4.45. The van der Waals surface area contributed by atoms with E-state index in [0.717, 1.165) is 12.1 Å². The summed E-state index contributed by atoms with van der Waals surface area (Å²) in [6, 6.07) is 3.78. The molecule has 0 aromatic heterocycles. The van der Waals surface area contributed by atoms with Gasteiger partial charge in [-0.05, 0) is 52.3 Å². The number of rotatable bonds is 3. The molecule has 0 radical (unpaired) electrons. The third-order valence-corrected chi connectivity index (χ3v) is 3.28. The number of carbonyl (C=O) groups excluding carboxylic acids is 1. The Morgan fingerprint density at radius 3 is 2.14 bits per heavy atom. The van der Waals surface area contributed by atoms with Crippen molar-refractivity contribution in [2.45, 2.75) is 52.4 Å². The molecule has 6 heteroatoms. The molecule has 1 atom stereocenters. The van der Waals surface area contributed by atoms with Crippen molar-refractivity contribution in [3.63, 3.8) is 0 Å². The molecule has 2 N–H and O–H groups in total. The average Bonchev–Trinajstić information content (AvgIpc) is 2.35.